The van der Waals surface area contributed by atoms with E-state index in [0.717, 1.165) is 50.0 Å². The standard InChI is InChI=1S/C14H18N4OS/c1-11-13(20-10-17-11)9-15-12-2-3-14(16-8-12)18-4-6-19-7-5-18/h2-3,8,10,15H,4-7,9H2,1H3. The summed E-state index contributed by atoms with van der Waals surface area (Å²) in [5, 5.41) is 3.38. The molecule has 5 nitrogen and oxygen atoms in total. The molecule has 3 rings (SSSR count). The summed E-state index contributed by atoms with van der Waals surface area (Å²) >= 11 is 1.68. The summed E-state index contributed by atoms with van der Waals surface area (Å²) in [5.74, 6) is 1.02. The van der Waals surface area contributed by atoms with Gasteiger partial charge >= 0.3 is 0 Å². The topological polar surface area (TPSA) is 50.3 Å². The van der Waals surface area contributed by atoms with Gasteiger partial charge in [0, 0.05) is 18.0 Å². The van der Waals surface area contributed by atoms with Gasteiger partial charge < -0.3 is 15.0 Å². The Morgan fingerprint density at radius 1 is 1.30 bits per heavy atom. The third-order valence-corrected chi connectivity index (χ3v) is 4.32. The monoisotopic (exact) mass is 290 g/mol. The van der Waals surface area contributed by atoms with E-state index in [4.69, 9.17) is 4.74 Å². The Labute approximate surface area is 122 Å². The molecule has 106 valence electrons. The summed E-state index contributed by atoms with van der Waals surface area (Å²) in [6, 6.07) is 4.14. The second kappa shape index (κ2) is 6.19. The summed E-state index contributed by atoms with van der Waals surface area (Å²) in [5.41, 5.74) is 4.02. The van der Waals surface area contributed by atoms with Crippen molar-refractivity contribution in [1.82, 2.24) is 9.97 Å². The van der Waals surface area contributed by atoms with Crippen LogP contribution >= 0.6 is 11.3 Å². The van der Waals surface area contributed by atoms with E-state index >= 15 is 0 Å². The number of thiazole rings is 1. The first kappa shape index (κ1) is 13.3. The molecule has 0 atom stereocenters. The highest BCUT2D eigenvalue weighted by Gasteiger charge is 2.11. The van der Waals surface area contributed by atoms with Crippen molar-refractivity contribution in [1.29, 1.82) is 0 Å². The molecular weight excluding hydrogens is 272 g/mol. The van der Waals surface area contributed by atoms with Gasteiger partial charge in [0.05, 0.1) is 42.8 Å². The molecule has 0 aliphatic carbocycles. The zero-order valence-corrected chi connectivity index (χ0v) is 12.3. The number of aryl methyl sites for hydroxylation is 1. The fraction of sp³-hybridized carbons (Fsp3) is 0.429. The number of morpholine rings is 1. The molecule has 2 aromatic rings. The van der Waals surface area contributed by atoms with E-state index in [1.165, 1.54) is 4.88 Å². The van der Waals surface area contributed by atoms with Gasteiger partial charge in [-0.15, -0.1) is 11.3 Å². The molecule has 1 aliphatic heterocycles. The highest BCUT2D eigenvalue weighted by molar-refractivity contribution is 7.09. The van der Waals surface area contributed by atoms with Crippen molar-refractivity contribution in [2.45, 2.75) is 13.5 Å². The predicted molar refractivity (Wildman–Crippen MR) is 81.4 cm³/mol. The smallest absolute Gasteiger partial charge is 0.128 e. The van der Waals surface area contributed by atoms with E-state index in [0.29, 0.717) is 0 Å². The largest absolute Gasteiger partial charge is 0.379 e. The maximum atomic E-state index is 5.35. The molecule has 1 saturated heterocycles. The first-order valence-corrected chi connectivity index (χ1v) is 7.62. The van der Waals surface area contributed by atoms with Crippen LogP contribution in [0.3, 0.4) is 0 Å². The Balaban J connectivity index is 1.59. The fourth-order valence-electron chi connectivity index (χ4n) is 2.15. The first-order chi connectivity index (χ1) is 9.83. The Kier molecular flexibility index (Phi) is 4.13. The van der Waals surface area contributed by atoms with Crippen LogP contribution in [0.5, 0.6) is 0 Å². The molecule has 0 radical (unpaired) electrons. The molecule has 1 aliphatic rings. The summed E-state index contributed by atoms with van der Waals surface area (Å²) in [7, 11) is 0. The van der Waals surface area contributed by atoms with Crippen LogP contribution in [0.15, 0.2) is 23.8 Å². The Morgan fingerprint density at radius 3 is 2.80 bits per heavy atom. The van der Waals surface area contributed by atoms with Gasteiger partial charge in [-0.3, -0.25) is 0 Å². The second-order valence-electron chi connectivity index (χ2n) is 4.72. The maximum Gasteiger partial charge on any atom is 0.128 e. The SMILES string of the molecule is Cc1ncsc1CNc1ccc(N2CCOCC2)nc1. The molecule has 6 heteroatoms. The van der Waals surface area contributed by atoms with Crippen molar-refractivity contribution < 1.29 is 4.74 Å². The van der Waals surface area contributed by atoms with E-state index < -0.39 is 0 Å². The zero-order chi connectivity index (χ0) is 13.8. The molecule has 0 aromatic carbocycles. The van der Waals surface area contributed by atoms with Gasteiger partial charge in [-0.1, -0.05) is 0 Å². The Morgan fingerprint density at radius 2 is 2.15 bits per heavy atom. The van der Waals surface area contributed by atoms with Gasteiger partial charge in [0.2, 0.25) is 0 Å². The number of ether oxygens (including phenoxy) is 1. The minimum Gasteiger partial charge on any atom is -0.379 e. The molecule has 0 unspecified atom stereocenters. The number of hydrogen-bond donors (Lipinski definition) is 1. The van der Waals surface area contributed by atoms with E-state index in [-0.39, 0.29) is 0 Å². The Bertz CT molecular complexity index is 549. The van der Waals surface area contributed by atoms with Crippen LogP contribution in [0.2, 0.25) is 0 Å². The molecule has 0 spiro atoms. The third-order valence-electron chi connectivity index (χ3n) is 3.38. The van der Waals surface area contributed by atoms with Crippen LogP contribution in [-0.2, 0) is 11.3 Å². The fourth-order valence-corrected chi connectivity index (χ4v) is 2.87. The van der Waals surface area contributed by atoms with Crippen molar-refractivity contribution in [3.8, 4) is 0 Å². The van der Waals surface area contributed by atoms with Crippen LogP contribution in [-0.4, -0.2) is 36.3 Å². The molecular formula is C14H18N4OS. The molecule has 1 fully saturated rings. The average Bonchev–Trinajstić information content (AvgIpc) is 2.92. The lowest BCUT2D eigenvalue weighted by Crippen LogP contribution is -2.36. The van der Waals surface area contributed by atoms with Crippen LogP contribution in [0.1, 0.15) is 10.6 Å². The van der Waals surface area contributed by atoms with Gasteiger partial charge in [-0.2, -0.15) is 0 Å². The second-order valence-corrected chi connectivity index (χ2v) is 5.66. The normalized spacial score (nSPS) is 15.3. The van der Waals surface area contributed by atoms with Gasteiger partial charge in [0.1, 0.15) is 5.82 Å². The highest BCUT2D eigenvalue weighted by Crippen LogP contribution is 2.18. The van der Waals surface area contributed by atoms with Crippen molar-refractivity contribution in [3.05, 3.63) is 34.4 Å². The minimum atomic E-state index is 0.784. The van der Waals surface area contributed by atoms with Crippen molar-refractivity contribution in [2.75, 3.05) is 36.5 Å². The van der Waals surface area contributed by atoms with Crippen molar-refractivity contribution >= 4 is 22.8 Å². The molecule has 0 bridgehead atoms. The van der Waals surface area contributed by atoms with E-state index in [1.807, 2.05) is 18.6 Å². The average molecular weight is 290 g/mol. The number of nitrogens with one attached hydrogen (secondary N) is 1. The van der Waals surface area contributed by atoms with Crippen LogP contribution in [0, 0.1) is 6.92 Å². The summed E-state index contributed by atoms with van der Waals surface area (Å²) in [6.45, 7) is 6.24. The van der Waals surface area contributed by atoms with Crippen LogP contribution in [0.25, 0.3) is 0 Å². The Hall–Kier alpha value is -1.66. The van der Waals surface area contributed by atoms with Gasteiger partial charge in [-0.25, -0.2) is 9.97 Å². The third kappa shape index (κ3) is 3.08. The minimum absolute atomic E-state index is 0.784. The van der Waals surface area contributed by atoms with E-state index in [9.17, 15) is 0 Å². The number of hydrogen-bond acceptors (Lipinski definition) is 6. The van der Waals surface area contributed by atoms with Crippen molar-refractivity contribution in [2.24, 2.45) is 0 Å². The lowest BCUT2D eigenvalue weighted by atomic mass is 10.3. The molecule has 20 heavy (non-hydrogen) atoms. The number of pyridine rings is 1. The van der Waals surface area contributed by atoms with Gasteiger partial charge in [0.25, 0.3) is 0 Å². The number of anilines is 2. The molecule has 3 heterocycles. The molecule has 1 N–H and O–H groups in total. The lowest BCUT2D eigenvalue weighted by molar-refractivity contribution is 0.122. The molecule has 2 aromatic heterocycles. The summed E-state index contributed by atoms with van der Waals surface area (Å²) in [6.07, 6.45) is 1.89. The first-order valence-electron chi connectivity index (χ1n) is 6.74. The van der Waals surface area contributed by atoms with E-state index in [2.05, 4.69) is 32.3 Å². The quantitative estimate of drug-likeness (QED) is 0.936. The lowest BCUT2D eigenvalue weighted by Gasteiger charge is -2.27. The predicted octanol–water partition coefficient (Wildman–Crippen LogP) is 2.30. The maximum absolute atomic E-state index is 5.35. The van der Waals surface area contributed by atoms with Gasteiger partial charge in [0.15, 0.2) is 0 Å². The molecule has 0 amide bonds. The molecule has 0 saturated carbocycles. The van der Waals surface area contributed by atoms with E-state index in [1.54, 1.807) is 11.3 Å². The van der Waals surface area contributed by atoms with Crippen LogP contribution in [0.4, 0.5) is 11.5 Å². The highest BCUT2D eigenvalue weighted by atomic mass is 32.1. The number of nitrogens with zero attached hydrogens (tertiary/aromatic N) is 3. The van der Waals surface area contributed by atoms with Gasteiger partial charge in [-0.05, 0) is 19.1 Å². The zero-order valence-electron chi connectivity index (χ0n) is 11.5. The van der Waals surface area contributed by atoms with Crippen molar-refractivity contribution in [3.63, 3.8) is 0 Å². The number of rotatable bonds is 4. The summed E-state index contributed by atoms with van der Waals surface area (Å²) < 4.78 is 5.35. The van der Waals surface area contributed by atoms with Crippen LogP contribution < -0.4 is 10.2 Å². The summed E-state index contributed by atoms with van der Waals surface area (Å²) in [4.78, 5) is 12.3. The number of aromatic nitrogens is 2.